The van der Waals surface area contributed by atoms with E-state index in [-0.39, 0.29) is 5.91 Å². The Labute approximate surface area is 122 Å². The Morgan fingerprint density at radius 3 is 2.65 bits per heavy atom. The molecule has 0 heterocycles. The molecule has 112 valence electrons. The van der Waals surface area contributed by atoms with Gasteiger partial charge in [0.15, 0.2) is 6.10 Å². The van der Waals surface area contributed by atoms with Crippen LogP contribution in [0.1, 0.15) is 50.7 Å². The van der Waals surface area contributed by atoms with Gasteiger partial charge in [0.2, 0.25) is 0 Å². The Hall–Kier alpha value is -1.51. The van der Waals surface area contributed by atoms with Crippen LogP contribution in [0.15, 0.2) is 18.2 Å². The summed E-state index contributed by atoms with van der Waals surface area (Å²) < 4.78 is 5.88. The standard InChI is InChI=1S/C17H27NO2/c1-5-7-8-11-18-17(19)15(6-2)20-16-12-13(3)9-10-14(16)4/h9-10,12,15H,5-8,11H2,1-4H3,(H,18,19). The second kappa shape index (κ2) is 8.62. The number of hydrogen-bond acceptors (Lipinski definition) is 2. The lowest BCUT2D eigenvalue weighted by atomic mass is 10.1. The molecule has 1 atom stereocenters. The maximum Gasteiger partial charge on any atom is 0.261 e. The zero-order chi connectivity index (χ0) is 15.0. The Morgan fingerprint density at radius 2 is 2.00 bits per heavy atom. The summed E-state index contributed by atoms with van der Waals surface area (Å²) in [6, 6.07) is 6.06. The van der Waals surface area contributed by atoms with E-state index in [1.807, 2.05) is 39.0 Å². The summed E-state index contributed by atoms with van der Waals surface area (Å²) in [5.74, 6) is 0.796. The van der Waals surface area contributed by atoms with E-state index >= 15 is 0 Å². The minimum Gasteiger partial charge on any atom is -0.480 e. The van der Waals surface area contributed by atoms with Crippen LogP contribution in [0.5, 0.6) is 5.75 Å². The van der Waals surface area contributed by atoms with Crippen molar-refractivity contribution in [3.63, 3.8) is 0 Å². The van der Waals surface area contributed by atoms with Gasteiger partial charge in [-0.3, -0.25) is 4.79 Å². The van der Waals surface area contributed by atoms with Gasteiger partial charge in [0.1, 0.15) is 5.75 Å². The first-order valence-corrected chi connectivity index (χ1v) is 7.60. The van der Waals surface area contributed by atoms with Crippen molar-refractivity contribution in [1.82, 2.24) is 5.32 Å². The lowest BCUT2D eigenvalue weighted by Gasteiger charge is -2.19. The molecule has 0 bridgehead atoms. The molecule has 1 N–H and O–H groups in total. The summed E-state index contributed by atoms with van der Waals surface area (Å²) in [7, 11) is 0. The highest BCUT2D eigenvalue weighted by molar-refractivity contribution is 5.81. The van der Waals surface area contributed by atoms with Crippen LogP contribution in [0.3, 0.4) is 0 Å². The van der Waals surface area contributed by atoms with E-state index in [4.69, 9.17) is 4.74 Å². The number of rotatable bonds is 8. The molecule has 1 aromatic carbocycles. The second-order valence-electron chi connectivity index (χ2n) is 5.28. The van der Waals surface area contributed by atoms with Gasteiger partial charge in [0.25, 0.3) is 5.91 Å². The van der Waals surface area contributed by atoms with Gasteiger partial charge in [-0.2, -0.15) is 0 Å². The molecule has 0 aliphatic rings. The van der Waals surface area contributed by atoms with Gasteiger partial charge in [0, 0.05) is 6.54 Å². The van der Waals surface area contributed by atoms with Gasteiger partial charge >= 0.3 is 0 Å². The number of hydrogen-bond donors (Lipinski definition) is 1. The van der Waals surface area contributed by atoms with Crippen molar-refractivity contribution in [1.29, 1.82) is 0 Å². The number of carbonyl (C=O) groups is 1. The summed E-state index contributed by atoms with van der Waals surface area (Å²) >= 11 is 0. The Morgan fingerprint density at radius 1 is 1.25 bits per heavy atom. The summed E-state index contributed by atoms with van der Waals surface area (Å²) in [6.45, 7) is 8.89. The van der Waals surface area contributed by atoms with Crippen molar-refractivity contribution in [2.24, 2.45) is 0 Å². The normalized spacial score (nSPS) is 12.0. The smallest absolute Gasteiger partial charge is 0.261 e. The summed E-state index contributed by atoms with van der Waals surface area (Å²) in [5.41, 5.74) is 2.21. The van der Waals surface area contributed by atoms with E-state index in [2.05, 4.69) is 12.2 Å². The second-order valence-corrected chi connectivity index (χ2v) is 5.28. The monoisotopic (exact) mass is 277 g/mol. The fraction of sp³-hybridized carbons (Fsp3) is 0.588. The lowest BCUT2D eigenvalue weighted by Crippen LogP contribution is -2.38. The molecule has 0 spiro atoms. The third-order valence-electron chi connectivity index (χ3n) is 3.36. The molecule has 20 heavy (non-hydrogen) atoms. The molecule has 0 saturated heterocycles. The Bertz CT molecular complexity index is 429. The maximum atomic E-state index is 12.1. The van der Waals surface area contributed by atoms with Crippen molar-refractivity contribution >= 4 is 5.91 Å². The molecule has 3 heteroatoms. The third kappa shape index (κ3) is 5.24. The number of carbonyl (C=O) groups excluding carboxylic acids is 1. The van der Waals surface area contributed by atoms with Gasteiger partial charge < -0.3 is 10.1 Å². The number of amides is 1. The van der Waals surface area contributed by atoms with Gasteiger partial charge in [-0.05, 0) is 43.9 Å². The average molecular weight is 277 g/mol. The van der Waals surface area contributed by atoms with Crippen molar-refractivity contribution < 1.29 is 9.53 Å². The van der Waals surface area contributed by atoms with Crippen LogP contribution in [0.25, 0.3) is 0 Å². The molecule has 1 aromatic rings. The first kappa shape index (κ1) is 16.5. The van der Waals surface area contributed by atoms with Gasteiger partial charge in [-0.25, -0.2) is 0 Å². The molecule has 0 fully saturated rings. The topological polar surface area (TPSA) is 38.3 Å². The number of unbranched alkanes of at least 4 members (excludes halogenated alkanes) is 2. The zero-order valence-electron chi connectivity index (χ0n) is 13.2. The fourth-order valence-electron chi connectivity index (χ4n) is 2.01. The average Bonchev–Trinajstić information content (AvgIpc) is 2.44. The molecule has 0 aliphatic heterocycles. The molecule has 1 amide bonds. The van der Waals surface area contributed by atoms with Gasteiger partial charge in [-0.1, -0.05) is 38.8 Å². The highest BCUT2D eigenvalue weighted by Crippen LogP contribution is 2.21. The fourth-order valence-corrected chi connectivity index (χ4v) is 2.01. The van der Waals surface area contributed by atoms with Crippen LogP contribution in [-0.4, -0.2) is 18.6 Å². The van der Waals surface area contributed by atoms with Gasteiger partial charge in [0.05, 0.1) is 0 Å². The molecule has 0 saturated carbocycles. The molecule has 1 rings (SSSR count). The van der Waals surface area contributed by atoms with Crippen molar-refractivity contribution in [3.8, 4) is 5.75 Å². The van der Waals surface area contributed by atoms with Crippen molar-refractivity contribution in [3.05, 3.63) is 29.3 Å². The highest BCUT2D eigenvalue weighted by atomic mass is 16.5. The maximum absolute atomic E-state index is 12.1. The molecule has 3 nitrogen and oxygen atoms in total. The van der Waals surface area contributed by atoms with E-state index in [1.54, 1.807) is 0 Å². The lowest BCUT2D eigenvalue weighted by molar-refractivity contribution is -0.128. The Kier molecular flexibility index (Phi) is 7.13. The molecule has 0 aromatic heterocycles. The zero-order valence-corrected chi connectivity index (χ0v) is 13.2. The van der Waals surface area contributed by atoms with Crippen LogP contribution in [-0.2, 0) is 4.79 Å². The van der Waals surface area contributed by atoms with Crippen LogP contribution in [0, 0.1) is 13.8 Å². The number of nitrogens with one attached hydrogen (secondary N) is 1. The number of benzene rings is 1. The van der Waals surface area contributed by atoms with E-state index in [0.717, 1.165) is 42.7 Å². The van der Waals surface area contributed by atoms with E-state index in [9.17, 15) is 4.79 Å². The van der Waals surface area contributed by atoms with Crippen molar-refractivity contribution in [2.45, 2.75) is 59.5 Å². The predicted octanol–water partition coefficient (Wildman–Crippen LogP) is 3.77. The third-order valence-corrected chi connectivity index (χ3v) is 3.36. The molecular weight excluding hydrogens is 250 g/mol. The minimum absolute atomic E-state index is 0.00971. The predicted molar refractivity (Wildman–Crippen MR) is 83.2 cm³/mol. The SMILES string of the molecule is CCCCCNC(=O)C(CC)Oc1cc(C)ccc1C. The van der Waals surface area contributed by atoms with Gasteiger partial charge in [-0.15, -0.1) is 0 Å². The largest absolute Gasteiger partial charge is 0.480 e. The van der Waals surface area contributed by atoms with Crippen LogP contribution in [0.2, 0.25) is 0 Å². The summed E-state index contributed by atoms with van der Waals surface area (Å²) in [5, 5.41) is 2.96. The highest BCUT2D eigenvalue weighted by Gasteiger charge is 2.18. The number of aryl methyl sites for hydroxylation is 2. The Balaban J connectivity index is 2.57. The molecule has 1 unspecified atom stereocenters. The molecule has 0 radical (unpaired) electrons. The van der Waals surface area contributed by atoms with E-state index < -0.39 is 6.10 Å². The first-order chi connectivity index (χ1) is 9.58. The van der Waals surface area contributed by atoms with Crippen LogP contribution < -0.4 is 10.1 Å². The first-order valence-electron chi connectivity index (χ1n) is 7.60. The number of ether oxygens (including phenoxy) is 1. The minimum atomic E-state index is -0.405. The summed E-state index contributed by atoms with van der Waals surface area (Å²) in [6.07, 6.45) is 3.60. The summed E-state index contributed by atoms with van der Waals surface area (Å²) in [4.78, 5) is 12.1. The van der Waals surface area contributed by atoms with E-state index in [0.29, 0.717) is 6.42 Å². The molecular formula is C17H27NO2. The quantitative estimate of drug-likeness (QED) is 0.735. The molecule has 0 aliphatic carbocycles. The van der Waals surface area contributed by atoms with Crippen LogP contribution in [0.4, 0.5) is 0 Å². The van der Waals surface area contributed by atoms with E-state index in [1.165, 1.54) is 0 Å². The van der Waals surface area contributed by atoms with Crippen LogP contribution >= 0.6 is 0 Å². The van der Waals surface area contributed by atoms with Crippen molar-refractivity contribution in [2.75, 3.05) is 6.54 Å².